The van der Waals surface area contributed by atoms with Gasteiger partial charge in [0.2, 0.25) is 0 Å². The molecule has 0 saturated heterocycles. The maximum Gasteiger partial charge on any atom is 1.00 e. The van der Waals surface area contributed by atoms with Crippen LogP contribution in [0.15, 0.2) is 48.8 Å². The first-order chi connectivity index (χ1) is 16.2. The maximum absolute atomic E-state index is 10.8. The van der Waals surface area contributed by atoms with Gasteiger partial charge in [-0.1, -0.05) is 12.1 Å². The molecule has 4 aromatic heterocycles. The Balaban J connectivity index is -0.000000130. The molecule has 4 aromatic rings. The normalized spacial score (nSPS) is 8.19. The number of imidazole rings is 2. The SMILES string of the molecule is N.N.N.N.O=C(O)c1nc(-c2ccccn2)[n-]c1C(=O)[O-].O=C(O)c1nc(-c2ccccn2)[n-]c1C(=O)[O-].[Ag+].[Ag+].[Ag+].[Ag+]. The maximum atomic E-state index is 10.8. The monoisotopic (exact) mass is 958 g/mol. The van der Waals surface area contributed by atoms with Crippen molar-refractivity contribution < 1.29 is 129 Å². The molecule has 244 valence electrons. The van der Waals surface area contributed by atoms with Crippen molar-refractivity contribution in [3.05, 3.63) is 71.6 Å². The summed E-state index contributed by atoms with van der Waals surface area (Å²) in [6, 6.07) is 9.70. The molecule has 4 heterocycles. The number of carbonyl (C=O) groups excluding carboxylic acids is 2. The fraction of sp³-hybridized carbons (Fsp3) is 0. The van der Waals surface area contributed by atoms with Crippen molar-refractivity contribution in [3.63, 3.8) is 0 Å². The van der Waals surface area contributed by atoms with E-state index in [0.29, 0.717) is 11.4 Å². The molecule has 0 fully saturated rings. The van der Waals surface area contributed by atoms with E-state index >= 15 is 0 Å². The number of hydrogen-bond acceptors (Lipinski definition) is 14. The van der Waals surface area contributed by atoms with Crippen LogP contribution in [0.5, 0.6) is 0 Å². The number of carbonyl (C=O) groups is 4. The van der Waals surface area contributed by atoms with E-state index in [-0.39, 0.29) is 126 Å². The molecule has 42 heavy (non-hydrogen) atoms. The summed E-state index contributed by atoms with van der Waals surface area (Å²) in [5, 5.41) is 38.9. The summed E-state index contributed by atoms with van der Waals surface area (Å²) in [7, 11) is 0. The summed E-state index contributed by atoms with van der Waals surface area (Å²) in [5.74, 6) is -6.42. The molecule has 0 aromatic carbocycles. The van der Waals surface area contributed by atoms with Crippen molar-refractivity contribution >= 4 is 23.9 Å². The quantitative estimate of drug-likeness (QED) is 0.126. The molecule has 0 aliphatic heterocycles. The van der Waals surface area contributed by atoms with Gasteiger partial charge in [-0.25, -0.2) is 9.59 Å². The summed E-state index contributed by atoms with van der Waals surface area (Å²) in [5.41, 5.74) is -2.10. The van der Waals surface area contributed by atoms with E-state index in [4.69, 9.17) is 10.2 Å². The average molecular weight is 962 g/mol. The predicted octanol–water partition coefficient (Wildman–Crippen LogP) is -1.04. The first-order valence-corrected chi connectivity index (χ1v) is 9.00. The van der Waals surface area contributed by atoms with Gasteiger partial charge in [-0.05, 0) is 47.3 Å². The van der Waals surface area contributed by atoms with E-state index in [2.05, 4.69) is 29.9 Å². The third-order valence-electron chi connectivity index (χ3n) is 3.90. The summed E-state index contributed by atoms with van der Waals surface area (Å²) >= 11 is 0. The molecule has 0 saturated carbocycles. The van der Waals surface area contributed by atoms with Crippen molar-refractivity contribution in [1.29, 1.82) is 0 Å². The van der Waals surface area contributed by atoms with Crippen LogP contribution in [0.4, 0.5) is 0 Å². The van der Waals surface area contributed by atoms with Gasteiger partial charge >= 0.3 is 101 Å². The Labute approximate surface area is 299 Å². The first-order valence-electron chi connectivity index (χ1n) is 9.00. The molecular weight excluding hydrogens is 940 g/mol. The first kappa shape index (κ1) is 52.1. The van der Waals surface area contributed by atoms with Gasteiger partial charge in [0.1, 0.15) is 0 Å². The number of pyridine rings is 2. The molecule has 22 heteroatoms. The van der Waals surface area contributed by atoms with Crippen LogP contribution in [-0.2, 0) is 89.5 Å². The summed E-state index contributed by atoms with van der Waals surface area (Å²) in [6.45, 7) is 0. The Morgan fingerprint density at radius 1 is 0.595 bits per heavy atom. The zero-order valence-corrected chi connectivity index (χ0v) is 26.6. The second kappa shape index (κ2) is 23.9. The van der Waals surface area contributed by atoms with Crippen molar-refractivity contribution in [2.45, 2.75) is 0 Å². The second-order valence-corrected chi connectivity index (χ2v) is 6.10. The van der Waals surface area contributed by atoms with Gasteiger partial charge in [0.15, 0.2) is 0 Å². The molecule has 0 spiro atoms. The molecule has 0 amide bonds. The van der Waals surface area contributed by atoms with E-state index in [1.165, 1.54) is 12.4 Å². The van der Waals surface area contributed by atoms with Crippen LogP contribution in [0.25, 0.3) is 23.0 Å². The number of aromatic nitrogens is 6. The predicted molar refractivity (Wildman–Crippen MR) is 124 cm³/mol. The van der Waals surface area contributed by atoms with E-state index in [9.17, 15) is 29.4 Å². The number of aromatic carboxylic acids is 4. The number of carboxylic acid groups (broad SMARTS) is 4. The molecule has 0 atom stereocenters. The number of hydrogen-bond donors (Lipinski definition) is 6. The van der Waals surface area contributed by atoms with Crippen LogP contribution >= 0.6 is 0 Å². The molecule has 4 rings (SSSR count). The largest absolute Gasteiger partial charge is 1.00 e. The standard InChI is InChI=1S/2C10H7N3O4.4Ag.4H3N/c2*14-9(15)6-7(10(16)17)13-8(12-6)5-3-1-2-4-11-5;;;;;;;;/h2*1-4H,(H3,11,12,13,14,15,16,17);;;;;4*1H3/q;;4*+1;;;;/p-4. The second-order valence-electron chi connectivity index (χ2n) is 6.10. The van der Waals surface area contributed by atoms with Gasteiger partial charge in [0.05, 0.1) is 34.7 Å². The molecule has 0 aliphatic carbocycles. The van der Waals surface area contributed by atoms with Crippen molar-refractivity contribution in [2.24, 2.45) is 0 Å². The Morgan fingerprint density at radius 2 is 0.905 bits per heavy atom. The van der Waals surface area contributed by atoms with Gasteiger partial charge in [-0.2, -0.15) is 0 Å². The molecular formula is C20H22Ag4N10O8. The molecule has 0 aliphatic rings. The van der Waals surface area contributed by atoms with Crippen LogP contribution in [0, 0.1) is 0 Å². The number of nitrogens with zero attached hydrogens (tertiary/aromatic N) is 6. The smallest absolute Gasteiger partial charge is 0.545 e. The van der Waals surface area contributed by atoms with Crippen molar-refractivity contribution in [3.8, 4) is 23.0 Å². The summed E-state index contributed by atoms with van der Waals surface area (Å²) in [4.78, 5) is 65.0. The molecule has 14 N–H and O–H groups in total. The topological polar surface area (TPSA) is 375 Å². The molecule has 18 nitrogen and oxygen atoms in total. The minimum Gasteiger partial charge on any atom is -0.545 e. The van der Waals surface area contributed by atoms with E-state index in [1.807, 2.05) is 0 Å². The molecule has 0 radical (unpaired) electrons. The zero-order chi connectivity index (χ0) is 24.8. The van der Waals surface area contributed by atoms with Gasteiger partial charge < -0.3 is 74.6 Å². The Morgan fingerprint density at radius 3 is 1.10 bits per heavy atom. The zero-order valence-electron chi connectivity index (χ0n) is 20.7. The molecule has 0 unspecified atom stereocenters. The average Bonchev–Trinajstić information content (AvgIpc) is 3.47. The van der Waals surface area contributed by atoms with E-state index in [0.717, 1.165) is 0 Å². The van der Waals surface area contributed by atoms with Crippen LogP contribution < -0.4 is 44.8 Å². The third kappa shape index (κ3) is 13.1. The minimum absolute atomic E-state index is 0. The van der Waals surface area contributed by atoms with Gasteiger partial charge in [-0.3, -0.25) is 9.97 Å². The Hall–Kier alpha value is -2.60. The number of rotatable bonds is 6. The molecule has 0 bridgehead atoms. The van der Waals surface area contributed by atoms with Crippen LogP contribution in [0.2, 0.25) is 0 Å². The third-order valence-corrected chi connectivity index (χ3v) is 3.90. The van der Waals surface area contributed by atoms with Crippen LogP contribution in [-0.4, -0.2) is 54.0 Å². The van der Waals surface area contributed by atoms with Crippen LogP contribution in [0.1, 0.15) is 42.0 Å². The fourth-order valence-corrected chi connectivity index (χ4v) is 2.49. The van der Waals surface area contributed by atoms with Crippen LogP contribution in [0.3, 0.4) is 0 Å². The minimum atomic E-state index is -1.68. The van der Waals surface area contributed by atoms with Gasteiger partial charge in [0.25, 0.3) is 0 Å². The van der Waals surface area contributed by atoms with E-state index in [1.54, 1.807) is 36.4 Å². The van der Waals surface area contributed by atoms with E-state index < -0.39 is 46.7 Å². The van der Waals surface area contributed by atoms with Gasteiger partial charge in [-0.15, -0.1) is 0 Å². The van der Waals surface area contributed by atoms with Crippen molar-refractivity contribution in [1.82, 2.24) is 54.5 Å². The van der Waals surface area contributed by atoms with Gasteiger partial charge in [0, 0.05) is 12.4 Å². The van der Waals surface area contributed by atoms with Crippen molar-refractivity contribution in [2.75, 3.05) is 0 Å². The number of carboxylic acids is 4. The fourth-order valence-electron chi connectivity index (χ4n) is 2.49. The summed E-state index contributed by atoms with van der Waals surface area (Å²) in [6.07, 6.45) is 2.93. The Kier molecular flexibility index (Phi) is 29.6. The Bertz CT molecular complexity index is 1220. The summed E-state index contributed by atoms with van der Waals surface area (Å²) < 4.78 is 0.